The van der Waals surface area contributed by atoms with Gasteiger partial charge in [0.1, 0.15) is 12.4 Å². The molecular formula is C15H23N3O3. The van der Waals surface area contributed by atoms with Gasteiger partial charge in [0.2, 0.25) is 5.91 Å². The first-order chi connectivity index (χ1) is 9.91. The monoisotopic (exact) mass is 293 g/mol. The predicted octanol–water partition coefficient (Wildman–Crippen LogP) is -0.303. The van der Waals surface area contributed by atoms with Crippen LogP contribution >= 0.6 is 0 Å². The van der Waals surface area contributed by atoms with Crippen molar-refractivity contribution in [1.82, 2.24) is 9.88 Å². The van der Waals surface area contributed by atoms with Crippen molar-refractivity contribution >= 4 is 11.9 Å². The van der Waals surface area contributed by atoms with Crippen molar-refractivity contribution < 1.29 is 19.3 Å². The van der Waals surface area contributed by atoms with Crippen LogP contribution in [0.1, 0.15) is 32.0 Å². The summed E-state index contributed by atoms with van der Waals surface area (Å²) in [6.07, 6.45) is 5.37. The molecular weight excluding hydrogens is 270 g/mol. The maximum Gasteiger partial charge on any atom is 0.253 e. The molecule has 0 unspecified atom stereocenters. The molecule has 0 bridgehead atoms. The normalized spacial score (nSPS) is 10.4. The van der Waals surface area contributed by atoms with E-state index in [4.69, 9.17) is 0 Å². The van der Waals surface area contributed by atoms with Crippen molar-refractivity contribution in [2.24, 2.45) is 0 Å². The highest BCUT2D eigenvalue weighted by Gasteiger charge is 2.11. The van der Waals surface area contributed by atoms with E-state index in [1.807, 2.05) is 23.9 Å². The van der Waals surface area contributed by atoms with Crippen molar-refractivity contribution in [3.63, 3.8) is 0 Å². The van der Waals surface area contributed by atoms with Gasteiger partial charge in [-0.1, -0.05) is 6.58 Å². The van der Waals surface area contributed by atoms with Gasteiger partial charge in [-0.2, -0.15) is 0 Å². The zero-order valence-electron chi connectivity index (χ0n) is 12.7. The Morgan fingerprint density at radius 1 is 1.43 bits per heavy atom. The Balaban J connectivity index is 2.36. The number of carbonyl (C=O) groups is 2. The van der Waals surface area contributed by atoms with Gasteiger partial charge in [0.15, 0.2) is 0 Å². The third kappa shape index (κ3) is 5.81. The maximum atomic E-state index is 11.3. The van der Waals surface area contributed by atoms with Gasteiger partial charge >= 0.3 is 0 Å². The zero-order valence-corrected chi connectivity index (χ0v) is 12.7. The number of aryl methyl sites for hydroxylation is 2. The van der Waals surface area contributed by atoms with Crippen molar-refractivity contribution in [3.8, 4) is 0 Å². The van der Waals surface area contributed by atoms with Crippen molar-refractivity contribution in [3.05, 3.63) is 30.4 Å². The summed E-state index contributed by atoms with van der Waals surface area (Å²) in [4.78, 5) is 21.7. The summed E-state index contributed by atoms with van der Waals surface area (Å²) >= 11 is 0. The molecule has 0 spiro atoms. The van der Waals surface area contributed by atoms with Crippen LogP contribution in [0.2, 0.25) is 0 Å². The molecule has 0 radical (unpaired) electrons. The fraction of sp³-hybridized carbons (Fsp3) is 0.533. The number of hydrogen-bond donors (Lipinski definition) is 1. The highest BCUT2D eigenvalue weighted by Crippen LogP contribution is 1.99. The van der Waals surface area contributed by atoms with E-state index in [1.165, 1.54) is 0 Å². The molecule has 116 valence electrons. The summed E-state index contributed by atoms with van der Waals surface area (Å²) in [5, 5.41) is 13.2. The van der Waals surface area contributed by atoms with Gasteiger partial charge in [-0.25, -0.2) is 9.13 Å². The molecule has 6 heteroatoms. The first-order valence-corrected chi connectivity index (χ1v) is 7.10. The molecule has 1 rings (SSSR count). The number of rotatable bonds is 9. The van der Waals surface area contributed by atoms with Gasteiger partial charge in [0, 0.05) is 31.4 Å². The number of carbonyl (C=O) groups excluding carboxylic acids is 2. The molecule has 0 aliphatic heterocycles. The molecule has 1 aromatic rings. The van der Waals surface area contributed by atoms with E-state index in [0.717, 1.165) is 18.8 Å². The lowest BCUT2D eigenvalue weighted by atomic mass is 10.3. The fourth-order valence-electron chi connectivity index (χ4n) is 2.01. The maximum absolute atomic E-state index is 11.3. The van der Waals surface area contributed by atoms with Gasteiger partial charge in [0.05, 0.1) is 13.1 Å². The minimum Gasteiger partial charge on any atom is -0.550 e. The Hall–Kier alpha value is -2.11. The second kappa shape index (κ2) is 8.24. The summed E-state index contributed by atoms with van der Waals surface area (Å²) < 4.78 is 4.11. The van der Waals surface area contributed by atoms with Gasteiger partial charge in [0.25, 0.3) is 5.82 Å². The number of carboxylic acids is 1. The molecule has 21 heavy (non-hydrogen) atoms. The molecule has 1 aromatic heterocycles. The Morgan fingerprint density at radius 2 is 2.14 bits per heavy atom. The Kier molecular flexibility index (Phi) is 6.65. The van der Waals surface area contributed by atoms with Gasteiger partial charge in [-0.15, -0.1) is 0 Å². The summed E-state index contributed by atoms with van der Waals surface area (Å²) in [6.45, 7) is 9.33. The van der Waals surface area contributed by atoms with Gasteiger partial charge < -0.3 is 15.2 Å². The second-order valence-electron chi connectivity index (χ2n) is 5.10. The lowest BCUT2D eigenvalue weighted by Crippen LogP contribution is -2.37. The number of imidazole rings is 1. The van der Waals surface area contributed by atoms with E-state index >= 15 is 0 Å². The number of amides is 1. The minimum absolute atomic E-state index is 0.0740. The topological polar surface area (TPSA) is 78.0 Å². The lowest BCUT2D eigenvalue weighted by molar-refractivity contribution is -0.702. The molecule has 6 nitrogen and oxygen atoms in total. The van der Waals surface area contributed by atoms with E-state index in [2.05, 4.69) is 16.5 Å². The second-order valence-corrected chi connectivity index (χ2v) is 5.10. The number of carboxylic acid groups (broad SMARTS) is 1. The van der Waals surface area contributed by atoms with Crippen molar-refractivity contribution in [2.75, 3.05) is 6.54 Å². The number of nitrogens with one attached hydrogen (secondary N) is 1. The fourth-order valence-corrected chi connectivity index (χ4v) is 2.01. The number of hydrogen-bond acceptors (Lipinski definition) is 3. The van der Waals surface area contributed by atoms with Crippen LogP contribution in [0.4, 0.5) is 0 Å². The van der Waals surface area contributed by atoms with Crippen molar-refractivity contribution in [2.45, 2.75) is 46.2 Å². The Bertz CT molecular complexity index is 520. The Labute approximate surface area is 125 Å². The summed E-state index contributed by atoms with van der Waals surface area (Å²) in [5.74, 6) is -0.0583. The van der Waals surface area contributed by atoms with Crippen LogP contribution in [0.25, 0.3) is 0 Å². The summed E-state index contributed by atoms with van der Waals surface area (Å²) in [7, 11) is 0. The van der Waals surface area contributed by atoms with E-state index in [-0.39, 0.29) is 12.3 Å². The zero-order chi connectivity index (χ0) is 15.8. The molecule has 0 aliphatic carbocycles. The number of nitrogens with zero attached hydrogens (tertiary/aromatic N) is 2. The number of aromatic nitrogens is 2. The molecule has 0 aromatic carbocycles. The summed E-state index contributed by atoms with van der Waals surface area (Å²) in [6, 6.07) is 0. The first kappa shape index (κ1) is 16.9. The largest absolute Gasteiger partial charge is 0.550 e. The molecule has 1 N–H and O–H groups in total. The predicted molar refractivity (Wildman–Crippen MR) is 76.0 cm³/mol. The average molecular weight is 293 g/mol. The van der Waals surface area contributed by atoms with Crippen molar-refractivity contribution in [1.29, 1.82) is 0 Å². The molecule has 0 saturated heterocycles. The highest BCUT2D eigenvalue weighted by molar-refractivity contribution is 5.91. The van der Waals surface area contributed by atoms with Crippen LogP contribution in [0.5, 0.6) is 0 Å². The van der Waals surface area contributed by atoms with Crippen LogP contribution in [-0.2, 0) is 22.7 Å². The molecule has 0 saturated carbocycles. The molecule has 0 aliphatic rings. The third-order valence-corrected chi connectivity index (χ3v) is 3.29. The van der Waals surface area contributed by atoms with E-state index in [9.17, 15) is 14.7 Å². The van der Waals surface area contributed by atoms with Crippen LogP contribution in [0, 0.1) is 6.92 Å². The van der Waals surface area contributed by atoms with Crippen LogP contribution in [0.3, 0.4) is 0 Å². The SMILES string of the molecule is C=C(C)C(=O)NCCC[n+]1ccn(CCCC(=O)[O-])c1C. The first-order valence-electron chi connectivity index (χ1n) is 7.10. The third-order valence-electron chi connectivity index (χ3n) is 3.29. The minimum atomic E-state index is -1.01. The molecule has 0 fully saturated rings. The standard InChI is InChI=1S/C15H23N3O3/c1-12(2)15(21)16-7-5-9-18-11-10-17(13(18)3)8-4-6-14(19)20/h10-11H,1,4-9H2,2-3H3,(H-,16,19,20,21). The van der Waals surface area contributed by atoms with Crippen LogP contribution < -0.4 is 15.0 Å². The molecule has 1 amide bonds. The number of aliphatic carboxylic acids is 1. The Morgan fingerprint density at radius 3 is 2.76 bits per heavy atom. The van der Waals surface area contributed by atoms with E-state index in [0.29, 0.717) is 25.1 Å². The lowest BCUT2D eigenvalue weighted by Gasteiger charge is -2.04. The van der Waals surface area contributed by atoms with E-state index in [1.54, 1.807) is 6.92 Å². The smallest absolute Gasteiger partial charge is 0.253 e. The molecule has 1 heterocycles. The quantitative estimate of drug-likeness (QED) is 0.386. The van der Waals surface area contributed by atoms with Gasteiger partial charge in [-0.05, 0) is 19.8 Å². The van der Waals surface area contributed by atoms with Gasteiger partial charge in [-0.3, -0.25) is 4.79 Å². The highest BCUT2D eigenvalue weighted by atomic mass is 16.4. The van der Waals surface area contributed by atoms with Crippen LogP contribution in [0.15, 0.2) is 24.5 Å². The van der Waals surface area contributed by atoms with Crippen LogP contribution in [-0.4, -0.2) is 23.0 Å². The van der Waals surface area contributed by atoms with E-state index < -0.39 is 5.97 Å². The summed E-state index contributed by atoms with van der Waals surface area (Å²) in [5.41, 5.74) is 0.512. The molecule has 0 atom stereocenters. The average Bonchev–Trinajstić information content (AvgIpc) is 2.75.